The van der Waals surface area contributed by atoms with Crippen molar-refractivity contribution < 1.29 is 9.59 Å². The number of benzene rings is 1. The summed E-state index contributed by atoms with van der Waals surface area (Å²) in [5, 5.41) is 6.22. The highest BCUT2D eigenvalue weighted by atomic mass is 35.5. The van der Waals surface area contributed by atoms with Gasteiger partial charge in [0.2, 0.25) is 11.8 Å². The molecule has 0 spiro atoms. The van der Waals surface area contributed by atoms with Crippen LogP contribution in [0.25, 0.3) is 0 Å². The van der Waals surface area contributed by atoms with Gasteiger partial charge in [-0.25, -0.2) is 0 Å². The Balaban J connectivity index is 2.36. The number of carbonyl (C=O) groups excluding carboxylic acids is 2. The number of halogens is 1. The van der Waals surface area contributed by atoms with Crippen LogP contribution in [0.15, 0.2) is 24.3 Å². The Kier molecular flexibility index (Phi) is 7.23. The standard InChI is InChI=1S/C16H23ClN2O2/c1-11(2)10-18-15(20)8-7-12(3)16(21)19-14-6-4-5-13(17)9-14/h4-6,9,11-12H,7-8,10H2,1-3H3,(H,18,20)(H,19,21). The third-order valence-corrected chi connectivity index (χ3v) is 3.29. The zero-order valence-corrected chi connectivity index (χ0v) is 13.5. The highest BCUT2D eigenvalue weighted by Crippen LogP contribution is 2.16. The Hall–Kier alpha value is -1.55. The number of hydrogen-bond donors (Lipinski definition) is 2. The van der Waals surface area contributed by atoms with E-state index in [1.165, 1.54) is 0 Å². The van der Waals surface area contributed by atoms with Gasteiger partial charge in [-0.2, -0.15) is 0 Å². The molecule has 1 aromatic rings. The molecule has 1 aromatic carbocycles. The molecular formula is C16H23ClN2O2. The van der Waals surface area contributed by atoms with E-state index >= 15 is 0 Å². The number of nitrogens with one attached hydrogen (secondary N) is 2. The molecule has 0 aromatic heterocycles. The molecule has 1 atom stereocenters. The summed E-state index contributed by atoms with van der Waals surface area (Å²) in [6.45, 7) is 6.57. The molecule has 21 heavy (non-hydrogen) atoms. The summed E-state index contributed by atoms with van der Waals surface area (Å²) >= 11 is 5.87. The van der Waals surface area contributed by atoms with Crippen molar-refractivity contribution in [1.82, 2.24) is 5.32 Å². The quantitative estimate of drug-likeness (QED) is 0.810. The molecule has 2 amide bonds. The van der Waals surface area contributed by atoms with Gasteiger partial charge in [-0.3, -0.25) is 9.59 Å². The van der Waals surface area contributed by atoms with Crippen LogP contribution in [0.4, 0.5) is 5.69 Å². The third-order valence-electron chi connectivity index (χ3n) is 3.05. The topological polar surface area (TPSA) is 58.2 Å². The Morgan fingerprint density at radius 1 is 1.24 bits per heavy atom. The van der Waals surface area contributed by atoms with Crippen LogP contribution in [0, 0.1) is 11.8 Å². The van der Waals surface area contributed by atoms with Crippen LogP contribution in [0.3, 0.4) is 0 Å². The van der Waals surface area contributed by atoms with Crippen molar-refractivity contribution >= 4 is 29.1 Å². The minimum atomic E-state index is -0.228. The van der Waals surface area contributed by atoms with Gasteiger partial charge in [0.1, 0.15) is 0 Å². The van der Waals surface area contributed by atoms with Gasteiger partial charge in [-0.15, -0.1) is 0 Å². The molecule has 0 aliphatic carbocycles. The second-order valence-corrected chi connectivity index (χ2v) is 6.07. The maximum absolute atomic E-state index is 12.0. The number of rotatable bonds is 7. The summed E-state index contributed by atoms with van der Waals surface area (Å²) in [4.78, 5) is 23.6. The molecule has 1 rings (SSSR count). The van der Waals surface area contributed by atoms with Crippen molar-refractivity contribution in [2.45, 2.75) is 33.6 Å². The van der Waals surface area contributed by atoms with Crippen molar-refractivity contribution in [2.75, 3.05) is 11.9 Å². The van der Waals surface area contributed by atoms with E-state index < -0.39 is 0 Å². The molecule has 0 radical (unpaired) electrons. The van der Waals surface area contributed by atoms with Gasteiger partial charge in [0.05, 0.1) is 0 Å². The first-order valence-electron chi connectivity index (χ1n) is 7.21. The van der Waals surface area contributed by atoms with E-state index in [1.54, 1.807) is 24.3 Å². The second-order valence-electron chi connectivity index (χ2n) is 5.64. The van der Waals surface area contributed by atoms with Crippen LogP contribution in [-0.4, -0.2) is 18.4 Å². The van der Waals surface area contributed by atoms with Crippen LogP contribution in [0.5, 0.6) is 0 Å². The van der Waals surface area contributed by atoms with Gasteiger partial charge < -0.3 is 10.6 Å². The van der Waals surface area contributed by atoms with Gasteiger partial charge >= 0.3 is 0 Å². The van der Waals surface area contributed by atoms with E-state index in [0.29, 0.717) is 36.0 Å². The van der Waals surface area contributed by atoms with Crippen LogP contribution < -0.4 is 10.6 Å². The smallest absolute Gasteiger partial charge is 0.227 e. The largest absolute Gasteiger partial charge is 0.356 e. The van der Waals surface area contributed by atoms with Crippen molar-refractivity contribution in [3.8, 4) is 0 Å². The zero-order valence-electron chi connectivity index (χ0n) is 12.8. The third kappa shape index (κ3) is 7.14. The van der Waals surface area contributed by atoms with E-state index in [4.69, 9.17) is 11.6 Å². The minimum Gasteiger partial charge on any atom is -0.356 e. The van der Waals surface area contributed by atoms with E-state index in [0.717, 1.165) is 0 Å². The first kappa shape index (κ1) is 17.5. The summed E-state index contributed by atoms with van der Waals surface area (Å²) in [5.41, 5.74) is 0.670. The fourth-order valence-electron chi connectivity index (χ4n) is 1.72. The lowest BCUT2D eigenvalue weighted by atomic mass is 10.0. The molecule has 5 heteroatoms. The molecule has 116 valence electrons. The van der Waals surface area contributed by atoms with E-state index in [1.807, 2.05) is 20.8 Å². The maximum atomic E-state index is 12.0. The first-order chi connectivity index (χ1) is 9.88. The molecule has 0 saturated carbocycles. The Morgan fingerprint density at radius 3 is 2.57 bits per heavy atom. The monoisotopic (exact) mass is 310 g/mol. The highest BCUT2D eigenvalue weighted by Gasteiger charge is 2.15. The summed E-state index contributed by atoms with van der Waals surface area (Å²) in [7, 11) is 0. The molecule has 0 bridgehead atoms. The molecule has 0 aliphatic rings. The molecule has 1 unspecified atom stereocenters. The average Bonchev–Trinajstić information content (AvgIpc) is 2.42. The zero-order chi connectivity index (χ0) is 15.8. The summed E-state index contributed by atoms with van der Waals surface area (Å²) in [6.07, 6.45) is 0.882. The predicted molar refractivity (Wildman–Crippen MR) is 86.3 cm³/mol. The van der Waals surface area contributed by atoms with Crippen LogP contribution >= 0.6 is 11.6 Å². The SMILES string of the molecule is CC(C)CNC(=O)CCC(C)C(=O)Nc1cccc(Cl)c1. The lowest BCUT2D eigenvalue weighted by molar-refractivity contribution is -0.122. The Morgan fingerprint density at radius 2 is 1.95 bits per heavy atom. The number of carbonyl (C=O) groups is 2. The number of hydrogen-bond acceptors (Lipinski definition) is 2. The van der Waals surface area contributed by atoms with Gasteiger partial charge in [0.25, 0.3) is 0 Å². The molecule has 0 fully saturated rings. The Labute approximate surface area is 131 Å². The molecular weight excluding hydrogens is 288 g/mol. The fourth-order valence-corrected chi connectivity index (χ4v) is 1.91. The van der Waals surface area contributed by atoms with Gasteiger partial charge in [0.15, 0.2) is 0 Å². The lowest BCUT2D eigenvalue weighted by Gasteiger charge is -2.13. The van der Waals surface area contributed by atoms with Crippen LogP contribution in [0.2, 0.25) is 5.02 Å². The normalized spacial score (nSPS) is 12.0. The predicted octanol–water partition coefficient (Wildman–Crippen LogP) is 3.47. The molecule has 0 saturated heterocycles. The molecule has 0 heterocycles. The van der Waals surface area contributed by atoms with Gasteiger partial charge in [-0.1, -0.05) is 38.4 Å². The van der Waals surface area contributed by atoms with Gasteiger partial charge in [0, 0.05) is 29.6 Å². The van der Waals surface area contributed by atoms with Crippen molar-refractivity contribution in [3.63, 3.8) is 0 Å². The fraction of sp³-hybridized carbons (Fsp3) is 0.500. The lowest BCUT2D eigenvalue weighted by Crippen LogP contribution is -2.28. The number of anilines is 1. The van der Waals surface area contributed by atoms with E-state index in [2.05, 4.69) is 10.6 Å². The summed E-state index contributed by atoms with van der Waals surface area (Å²) < 4.78 is 0. The minimum absolute atomic E-state index is 0.00824. The average molecular weight is 311 g/mol. The van der Waals surface area contributed by atoms with Crippen molar-refractivity contribution in [1.29, 1.82) is 0 Å². The van der Waals surface area contributed by atoms with E-state index in [-0.39, 0.29) is 17.7 Å². The summed E-state index contributed by atoms with van der Waals surface area (Å²) in [5.74, 6) is 0.0892. The van der Waals surface area contributed by atoms with Crippen LogP contribution in [-0.2, 0) is 9.59 Å². The molecule has 2 N–H and O–H groups in total. The van der Waals surface area contributed by atoms with Crippen molar-refractivity contribution in [2.24, 2.45) is 11.8 Å². The highest BCUT2D eigenvalue weighted by molar-refractivity contribution is 6.30. The molecule has 0 aliphatic heterocycles. The second kappa shape index (κ2) is 8.67. The first-order valence-corrected chi connectivity index (χ1v) is 7.59. The van der Waals surface area contributed by atoms with Crippen molar-refractivity contribution in [3.05, 3.63) is 29.3 Å². The molecule has 4 nitrogen and oxygen atoms in total. The van der Waals surface area contributed by atoms with Crippen LogP contribution in [0.1, 0.15) is 33.6 Å². The van der Waals surface area contributed by atoms with Gasteiger partial charge in [-0.05, 0) is 30.5 Å². The maximum Gasteiger partial charge on any atom is 0.227 e. The Bertz CT molecular complexity index is 489. The summed E-state index contributed by atoms with van der Waals surface area (Å²) in [6, 6.07) is 7.01. The number of amides is 2. The van der Waals surface area contributed by atoms with E-state index in [9.17, 15) is 9.59 Å².